The first-order valence-corrected chi connectivity index (χ1v) is 8.27. The maximum absolute atomic E-state index is 5.41. The second-order valence-electron chi connectivity index (χ2n) is 5.80. The summed E-state index contributed by atoms with van der Waals surface area (Å²) in [6.45, 7) is 6.25. The molecule has 0 radical (unpaired) electrons. The van der Waals surface area contributed by atoms with Crippen molar-refractivity contribution in [1.29, 1.82) is 0 Å². The number of ether oxygens (including phenoxy) is 1. The fourth-order valence-corrected chi connectivity index (χ4v) is 2.65. The van der Waals surface area contributed by atoms with Crippen LogP contribution in [0.5, 0.6) is 0 Å². The van der Waals surface area contributed by atoms with E-state index in [1.54, 1.807) is 0 Å². The standard InChI is InChI=1S/C16H33N3O.HI/c1-4-5-6-7-11-18-16(17-2)19(3)12-8-15-9-13-20-14-10-15;/h15H,4-14H2,1-3H3,(H,17,18);1H. The molecule has 0 bridgehead atoms. The van der Waals surface area contributed by atoms with Crippen LogP contribution in [0.1, 0.15) is 51.9 Å². The van der Waals surface area contributed by atoms with Crippen molar-refractivity contribution in [2.45, 2.75) is 51.9 Å². The highest BCUT2D eigenvalue weighted by Gasteiger charge is 2.15. The van der Waals surface area contributed by atoms with Gasteiger partial charge in [-0.1, -0.05) is 26.2 Å². The highest BCUT2D eigenvalue weighted by atomic mass is 127. The molecule has 0 aromatic heterocycles. The van der Waals surface area contributed by atoms with Gasteiger partial charge >= 0.3 is 0 Å². The number of halogens is 1. The Kier molecular flexibility index (Phi) is 13.6. The maximum Gasteiger partial charge on any atom is 0.193 e. The second kappa shape index (κ2) is 13.6. The summed E-state index contributed by atoms with van der Waals surface area (Å²) in [6, 6.07) is 0. The lowest BCUT2D eigenvalue weighted by atomic mass is 9.96. The normalized spacial score (nSPS) is 16.4. The summed E-state index contributed by atoms with van der Waals surface area (Å²) in [7, 11) is 4.01. The summed E-state index contributed by atoms with van der Waals surface area (Å²) in [4.78, 5) is 6.64. The minimum atomic E-state index is 0. The molecule has 0 aromatic carbocycles. The van der Waals surface area contributed by atoms with Crippen LogP contribution < -0.4 is 5.32 Å². The number of rotatable bonds is 8. The smallest absolute Gasteiger partial charge is 0.193 e. The van der Waals surface area contributed by atoms with Gasteiger partial charge in [0, 0.05) is 40.4 Å². The van der Waals surface area contributed by atoms with Crippen molar-refractivity contribution >= 4 is 29.9 Å². The molecule has 0 amide bonds. The summed E-state index contributed by atoms with van der Waals surface area (Å²) in [5.41, 5.74) is 0. The Balaban J connectivity index is 0.00000400. The van der Waals surface area contributed by atoms with E-state index in [4.69, 9.17) is 4.74 Å². The van der Waals surface area contributed by atoms with Gasteiger partial charge in [0.25, 0.3) is 0 Å². The van der Waals surface area contributed by atoms with E-state index in [-0.39, 0.29) is 24.0 Å². The van der Waals surface area contributed by atoms with Gasteiger partial charge in [-0.15, -0.1) is 24.0 Å². The number of aliphatic imine (C=N–C) groups is 1. The van der Waals surface area contributed by atoms with Crippen LogP contribution in [0.15, 0.2) is 4.99 Å². The Labute approximate surface area is 148 Å². The Bertz CT molecular complexity index is 268. The first-order chi connectivity index (χ1) is 9.77. The zero-order chi connectivity index (χ0) is 14.6. The minimum Gasteiger partial charge on any atom is -0.381 e. The molecular formula is C16H34IN3O. The van der Waals surface area contributed by atoms with Crippen molar-refractivity contribution in [1.82, 2.24) is 10.2 Å². The third-order valence-corrected chi connectivity index (χ3v) is 4.10. The van der Waals surface area contributed by atoms with Crippen molar-refractivity contribution in [2.24, 2.45) is 10.9 Å². The van der Waals surface area contributed by atoms with Crippen LogP contribution >= 0.6 is 24.0 Å². The van der Waals surface area contributed by atoms with Crippen LogP contribution in [0.4, 0.5) is 0 Å². The van der Waals surface area contributed by atoms with Gasteiger partial charge < -0.3 is 15.0 Å². The zero-order valence-electron chi connectivity index (χ0n) is 14.1. The van der Waals surface area contributed by atoms with E-state index in [1.807, 2.05) is 7.05 Å². The van der Waals surface area contributed by atoms with Gasteiger partial charge in [-0.2, -0.15) is 0 Å². The van der Waals surface area contributed by atoms with Crippen molar-refractivity contribution in [3.63, 3.8) is 0 Å². The molecule has 0 atom stereocenters. The minimum absolute atomic E-state index is 0. The molecule has 0 spiro atoms. The summed E-state index contributed by atoms with van der Waals surface area (Å²) < 4.78 is 5.41. The molecule has 4 nitrogen and oxygen atoms in total. The van der Waals surface area contributed by atoms with E-state index in [0.29, 0.717) is 0 Å². The molecule has 0 unspecified atom stereocenters. The molecule has 1 aliphatic rings. The van der Waals surface area contributed by atoms with Crippen LogP contribution in [0.2, 0.25) is 0 Å². The molecule has 1 heterocycles. The fourth-order valence-electron chi connectivity index (χ4n) is 2.65. The second-order valence-corrected chi connectivity index (χ2v) is 5.80. The molecule has 0 aromatic rings. The molecular weight excluding hydrogens is 377 g/mol. The lowest BCUT2D eigenvalue weighted by Crippen LogP contribution is -2.40. The quantitative estimate of drug-likeness (QED) is 0.288. The summed E-state index contributed by atoms with van der Waals surface area (Å²) >= 11 is 0. The van der Waals surface area contributed by atoms with Gasteiger partial charge in [0.2, 0.25) is 0 Å². The summed E-state index contributed by atoms with van der Waals surface area (Å²) in [6.07, 6.45) is 8.86. The Hall–Kier alpha value is -0.0400. The molecule has 1 fully saturated rings. The monoisotopic (exact) mass is 411 g/mol. The van der Waals surface area contributed by atoms with Gasteiger partial charge in [-0.3, -0.25) is 4.99 Å². The van der Waals surface area contributed by atoms with Crippen molar-refractivity contribution in [3.8, 4) is 0 Å². The van der Waals surface area contributed by atoms with Gasteiger partial charge in [-0.25, -0.2) is 0 Å². The fraction of sp³-hybridized carbons (Fsp3) is 0.938. The van der Waals surface area contributed by atoms with Crippen molar-refractivity contribution in [3.05, 3.63) is 0 Å². The van der Waals surface area contributed by atoms with E-state index in [0.717, 1.165) is 38.2 Å². The maximum atomic E-state index is 5.41. The number of hydrogen-bond acceptors (Lipinski definition) is 2. The molecule has 1 N–H and O–H groups in total. The van der Waals surface area contributed by atoms with Gasteiger partial charge in [-0.05, 0) is 31.6 Å². The average molecular weight is 411 g/mol. The molecule has 126 valence electrons. The van der Waals surface area contributed by atoms with E-state index < -0.39 is 0 Å². The molecule has 1 rings (SSSR count). The number of nitrogens with zero attached hydrogens (tertiary/aromatic N) is 2. The first kappa shape index (κ1) is 21.0. The Morgan fingerprint density at radius 2 is 1.95 bits per heavy atom. The molecule has 5 heteroatoms. The van der Waals surface area contributed by atoms with Crippen LogP contribution in [-0.4, -0.2) is 51.3 Å². The topological polar surface area (TPSA) is 36.9 Å². The predicted octanol–water partition coefficient (Wildman–Crippen LogP) is 3.51. The molecule has 1 saturated heterocycles. The largest absolute Gasteiger partial charge is 0.381 e. The number of guanidine groups is 1. The molecule has 21 heavy (non-hydrogen) atoms. The third-order valence-electron chi connectivity index (χ3n) is 4.10. The van der Waals surface area contributed by atoms with Crippen LogP contribution in [0.25, 0.3) is 0 Å². The van der Waals surface area contributed by atoms with Crippen LogP contribution in [0, 0.1) is 5.92 Å². The van der Waals surface area contributed by atoms with E-state index >= 15 is 0 Å². The molecule has 0 aliphatic carbocycles. The van der Waals surface area contributed by atoms with Gasteiger partial charge in [0.15, 0.2) is 5.96 Å². The lowest BCUT2D eigenvalue weighted by Gasteiger charge is -2.26. The highest BCUT2D eigenvalue weighted by Crippen LogP contribution is 2.18. The first-order valence-electron chi connectivity index (χ1n) is 8.27. The van der Waals surface area contributed by atoms with Crippen LogP contribution in [0.3, 0.4) is 0 Å². The van der Waals surface area contributed by atoms with E-state index in [1.165, 1.54) is 44.9 Å². The molecule has 1 aliphatic heterocycles. The lowest BCUT2D eigenvalue weighted by molar-refractivity contribution is 0.0625. The average Bonchev–Trinajstić information content (AvgIpc) is 2.49. The van der Waals surface area contributed by atoms with Crippen LogP contribution in [-0.2, 0) is 4.74 Å². The third kappa shape index (κ3) is 9.55. The van der Waals surface area contributed by atoms with Gasteiger partial charge in [0.05, 0.1) is 0 Å². The number of nitrogens with one attached hydrogen (secondary N) is 1. The zero-order valence-corrected chi connectivity index (χ0v) is 16.4. The Morgan fingerprint density at radius 1 is 1.24 bits per heavy atom. The summed E-state index contributed by atoms with van der Waals surface area (Å²) in [5, 5.41) is 3.47. The number of hydrogen-bond donors (Lipinski definition) is 1. The van der Waals surface area contributed by atoms with E-state index in [2.05, 4.69) is 29.2 Å². The summed E-state index contributed by atoms with van der Waals surface area (Å²) in [5.74, 6) is 1.86. The molecule has 0 saturated carbocycles. The number of unbranched alkanes of at least 4 members (excludes halogenated alkanes) is 3. The van der Waals surface area contributed by atoms with Crippen molar-refractivity contribution < 1.29 is 4.74 Å². The highest BCUT2D eigenvalue weighted by molar-refractivity contribution is 14.0. The van der Waals surface area contributed by atoms with Gasteiger partial charge in [0.1, 0.15) is 0 Å². The Morgan fingerprint density at radius 3 is 2.57 bits per heavy atom. The predicted molar refractivity (Wildman–Crippen MR) is 102 cm³/mol. The van der Waals surface area contributed by atoms with Crippen molar-refractivity contribution in [2.75, 3.05) is 40.4 Å². The van der Waals surface area contributed by atoms with E-state index in [9.17, 15) is 0 Å². The SMILES string of the molecule is CCCCCCNC(=NC)N(C)CCC1CCOCC1.I.